The molecule has 0 bridgehead atoms. The Balaban J connectivity index is 1.75. The van der Waals surface area contributed by atoms with Gasteiger partial charge in [0.25, 0.3) is 0 Å². The Hall–Kier alpha value is -0.120. The molecule has 3 heteroatoms. The van der Waals surface area contributed by atoms with Crippen molar-refractivity contribution < 1.29 is 5.11 Å². The first kappa shape index (κ1) is 11.4. The van der Waals surface area contributed by atoms with E-state index in [0.717, 1.165) is 38.4 Å². The van der Waals surface area contributed by atoms with E-state index in [9.17, 15) is 5.11 Å². The van der Waals surface area contributed by atoms with Gasteiger partial charge >= 0.3 is 0 Å². The summed E-state index contributed by atoms with van der Waals surface area (Å²) < 4.78 is 0. The second-order valence-corrected chi connectivity index (χ2v) is 5.47. The third-order valence-electron chi connectivity index (χ3n) is 3.83. The van der Waals surface area contributed by atoms with E-state index >= 15 is 0 Å². The van der Waals surface area contributed by atoms with Crippen LogP contribution in [0.4, 0.5) is 0 Å². The van der Waals surface area contributed by atoms with E-state index in [2.05, 4.69) is 23.9 Å². The zero-order chi connectivity index (χ0) is 10.8. The summed E-state index contributed by atoms with van der Waals surface area (Å²) in [5.41, 5.74) is 0. The normalized spacial score (nSPS) is 31.8. The maximum absolute atomic E-state index is 9.97. The molecular formula is C12H24N2O. The van der Waals surface area contributed by atoms with Crippen LogP contribution in [-0.4, -0.2) is 60.8 Å². The van der Waals surface area contributed by atoms with Gasteiger partial charge in [0, 0.05) is 25.7 Å². The Morgan fingerprint density at radius 2 is 1.93 bits per heavy atom. The molecule has 1 aliphatic heterocycles. The van der Waals surface area contributed by atoms with Crippen LogP contribution in [0, 0.1) is 5.92 Å². The molecule has 2 fully saturated rings. The fraction of sp³-hybridized carbons (Fsp3) is 1.00. The van der Waals surface area contributed by atoms with E-state index in [0.29, 0.717) is 6.04 Å². The van der Waals surface area contributed by atoms with Gasteiger partial charge < -0.3 is 14.9 Å². The first-order chi connectivity index (χ1) is 7.15. The summed E-state index contributed by atoms with van der Waals surface area (Å²) in [4.78, 5) is 4.77. The Kier molecular flexibility index (Phi) is 3.65. The van der Waals surface area contributed by atoms with Crippen molar-refractivity contribution in [3.8, 4) is 0 Å². The number of rotatable bonds is 4. The lowest BCUT2D eigenvalue weighted by Crippen LogP contribution is -2.51. The minimum absolute atomic E-state index is 0.0727. The number of hydrogen-bond donors (Lipinski definition) is 1. The lowest BCUT2D eigenvalue weighted by molar-refractivity contribution is 0.0583. The molecule has 1 saturated heterocycles. The molecule has 88 valence electrons. The topological polar surface area (TPSA) is 26.7 Å². The minimum atomic E-state index is -0.0727. The van der Waals surface area contributed by atoms with Crippen molar-refractivity contribution in [1.82, 2.24) is 9.80 Å². The molecule has 0 aromatic rings. The number of nitrogens with zero attached hydrogens (tertiary/aromatic N) is 2. The third-order valence-corrected chi connectivity index (χ3v) is 3.83. The predicted octanol–water partition coefficient (Wildman–Crippen LogP) is 0.783. The first-order valence-corrected chi connectivity index (χ1v) is 6.22. The van der Waals surface area contributed by atoms with Gasteiger partial charge in [-0.2, -0.15) is 0 Å². The van der Waals surface area contributed by atoms with Crippen molar-refractivity contribution in [3.63, 3.8) is 0 Å². The average Bonchev–Trinajstić information content (AvgIpc) is 2.95. The van der Waals surface area contributed by atoms with E-state index in [1.807, 2.05) is 0 Å². The SMILES string of the molecule is CN1CCN(C)C(CC(O)CC2CC2)C1. The highest BCUT2D eigenvalue weighted by molar-refractivity contribution is 4.83. The molecule has 2 unspecified atom stereocenters. The minimum Gasteiger partial charge on any atom is -0.393 e. The highest BCUT2D eigenvalue weighted by Gasteiger charge is 2.28. The average molecular weight is 212 g/mol. The van der Waals surface area contributed by atoms with E-state index in [4.69, 9.17) is 0 Å². The van der Waals surface area contributed by atoms with Crippen molar-refractivity contribution in [3.05, 3.63) is 0 Å². The predicted molar refractivity (Wildman–Crippen MR) is 61.9 cm³/mol. The molecule has 0 amide bonds. The van der Waals surface area contributed by atoms with Gasteiger partial charge in [0.15, 0.2) is 0 Å². The Bertz CT molecular complexity index is 206. The van der Waals surface area contributed by atoms with Crippen LogP contribution in [0.3, 0.4) is 0 Å². The summed E-state index contributed by atoms with van der Waals surface area (Å²) in [5.74, 6) is 0.839. The maximum atomic E-state index is 9.97. The van der Waals surface area contributed by atoms with Gasteiger partial charge in [-0.3, -0.25) is 0 Å². The van der Waals surface area contributed by atoms with E-state index in [1.54, 1.807) is 0 Å². The summed E-state index contributed by atoms with van der Waals surface area (Å²) in [6, 6.07) is 0.553. The molecule has 3 nitrogen and oxygen atoms in total. The zero-order valence-corrected chi connectivity index (χ0v) is 10.0. The summed E-state index contributed by atoms with van der Waals surface area (Å²) in [5, 5.41) is 9.97. The highest BCUT2D eigenvalue weighted by atomic mass is 16.3. The number of aliphatic hydroxyl groups excluding tert-OH is 1. The molecule has 2 rings (SSSR count). The van der Waals surface area contributed by atoms with E-state index in [1.165, 1.54) is 12.8 Å². The largest absolute Gasteiger partial charge is 0.393 e. The van der Waals surface area contributed by atoms with Crippen LogP contribution < -0.4 is 0 Å². The second-order valence-electron chi connectivity index (χ2n) is 5.47. The monoisotopic (exact) mass is 212 g/mol. The molecule has 0 radical (unpaired) electrons. The molecule has 1 heterocycles. The van der Waals surface area contributed by atoms with E-state index < -0.39 is 0 Å². The Morgan fingerprint density at radius 3 is 2.60 bits per heavy atom. The van der Waals surface area contributed by atoms with Crippen LogP contribution in [-0.2, 0) is 0 Å². The van der Waals surface area contributed by atoms with Crippen LogP contribution in [0.25, 0.3) is 0 Å². The molecule has 1 saturated carbocycles. The summed E-state index contributed by atoms with van der Waals surface area (Å²) >= 11 is 0. The fourth-order valence-corrected chi connectivity index (χ4v) is 2.50. The molecule has 2 atom stereocenters. The van der Waals surface area contributed by atoms with Crippen molar-refractivity contribution in [2.75, 3.05) is 33.7 Å². The lowest BCUT2D eigenvalue weighted by atomic mass is 10.0. The standard InChI is InChI=1S/C12H24N2O/c1-13-5-6-14(2)11(9-13)8-12(15)7-10-3-4-10/h10-12,15H,3-9H2,1-2H3. The molecule has 0 aromatic heterocycles. The summed E-state index contributed by atoms with van der Waals surface area (Å²) in [6.07, 6.45) is 4.61. The number of piperazine rings is 1. The fourth-order valence-electron chi connectivity index (χ4n) is 2.50. The lowest BCUT2D eigenvalue weighted by Gasteiger charge is -2.38. The highest BCUT2D eigenvalue weighted by Crippen LogP contribution is 2.34. The second kappa shape index (κ2) is 4.81. The number of likely N-dealkylation sites (N-methyl/N-ethyl adjacent to an activating group) is 2. The van der Waals surface area contributed by atoms with Crippen molar-refractivity contribution in [1.29, 1.82) is 0 Å². The quantitative estimate of drug-likeness (QED) is 0.746. The summed E-state index contributed by atoms with van der Waals surface area (Å²) in [7, 11) is 4.36. The van der Waals surface area contributed by atoms with Gasteiger partial charge in [-0.05, 0) is 32.9 Å². The van der Waals surface area contributed by atoms with Gasteiger partial charge in [-0.1, -0.05) is 12.8 Å². The van der Waals surface area contributed by atoms with Crippen LogP contribution in [0.2, 0.25) is 0 Å². The Labute approximate surface area is 93.1 Å². The zero-order valence-electron chi connectivity index (χ0n) is 10.0. The molecule has 1 N–H and O–H groups in total. The van der Waals surface area contributed by atoms with Crippen LogP contribution in [0.15, 0.2) is 0 Å². The first-order valence-electron chi connectivity index (χ1n) is 6.22. The molecule has 15 heavy (non-hydrogen) atoms. The third kappa shape index (κ3) is 3.44. The van der Waals surface area contributed by atoms with Crippen molar-refractivity contribution >= 4 is 0 Å². The molecule has 2 aliphatic rings. The van der Waals surface area contributed by atoms with Gasteiger partial charge in [-0.15, -0.1) is 0 Å². The van der Waals surface area contributed by atoms with Crippen molar-refractivity contribution in [2.45, 2.75) is 37.8 Å². The molecule has 0 aromatic carbocycles. The number of hydrogen-bond acceptors (Lipinski definition) is 3. The molecule has 1 aliphatic carbocycles. The summed E-state index contributed by atoms with van der Waals surface area (Å²) in [6.45, 7) is 3.40. The Morgan fingerprint density at radius 1 is 1.20 bits per heavy atom. The molecular weight excluding hydrogens is 188 g/mol. The van der Waals surface area contributed by atoms with Crippen LogP contribution in [0.1, 0.15) is 25.7 Å². The van der Waals surface area contributed by atoms with Crippen LogP contribution >= 0.6 is 0 Å². The van der Waals surface area contributed by atoms with Gasteiger partial charge in [0.05, 0.1) is 6.10 Å². The van der Waals surface area contributed by atoms with Gasteiger partial charge in [0.1, 0.15) is 0 Å². The number of aliphatic hydroxyl groups is 1. The molecule has 0 spiro atoms. The maximum Gasteiger partial charge on any atom is 0.0558 e. The van der Waals surface area contributed by atoms with Crippen molar-refractivity contribution in [2.24, 2.45) is 5.92 Å². The van der Waals surface area contributed by atoms with Gasteiger partial charge in [-0.25, -0.2) is 0 Å². The van der Waals surface area contributed by atoms with Gasteiger partial charge in [0.2, 0.25) is 0 Å². The van der Waals surface area contributed by atoms with Crippen LogP contribution in [0.5, 0.6) is 0 Å². The van der Waals surface area contributed by atoms with E-state index in [-0.39, 0.29) is 6.10 Å². The smallest absolute Gasteiger partial charge is 0.0558 e.